The molecule has 0 aliphatic carbocycles. The molecule has 1 aliphatic rings. The molecule has 1 atom stereocenters. The molecule has 9 nitrogen and oxygen atoms in total. The monoisotopic (exact) mass is 447 g/mol. The number of methoxy groups -OCH3 is 1. The Kier molecular flexibility index (Phi) is 6.23. The van der Waals surface area contributed by atoms with E-state index in [2.05, 4.69) is 5.32 Å². The van der Waals surface area contributed by atoms with Gasteiger partial charge in [-0.05, 0) is 48.9 Å². The van der Waals surface area contributed by atoms with Gasteiger partial charge in [0.2, 0.25) is 10.0 Å². The molecule has 1 saturated heterocycles. The van der Waals surface area contributed by atoms with Crippen molar-refractivity contribution in [3.05, 3.63) is 54.1 Å². The van der Waals surface area contributed by atoms with E-state index in [0.717, 1.165) is 9.21 Å². The number of sulfonamides is 1. The number of benzene rings is 2. The van der Waals surface area contributed by atoms with Gasteiger partial charge in [0, 0.05) is 14.1 Å². The van der Waals surface area contributed by atoms with Crippen molar-refractivity contribution < 1.29 is 27.5 Å². The van der Waals surface area contributed by atoms with Crippen molar-refractivity contribution in [2.24, 2.45) is 0 Å². The molecular weight excluding hydrogens is 422 g/mol. The average Bonchev–Trinajstić information content (AvgIpc) is 2.98. The second-order valence-electron chi connectivity index (χ2n) is 7.35. The van der Waals surface area contributed by atoms with E-state index in [4.69, 9.17) is 9.47 Å². The molecule has 10 heteroatoms. The molecule has 1 N–H and O–H groups in total. The smallest absolute Gasteiger partial charge is 0.325 e. The van der Waals surface area contributed by atoms with Gasteiger partial charge in [-0.15, -0.1) is 0 Å². The van der Waals surface area contributed by atoms with Crippen molar-refractivity contribution in [3.8, 4) is 11.5 Å². The predicted molar refractivity (Wildman–Crippen MR) is 113 cm³/mol. The summed E-state index contributed by atoms with van der Waals surface area (Å²) in [4.78, 5) is 26.6. The van der Waals surface area contributed by atoms with Crippen LogP contribution in [0.5, 0.6) is 11.5 Å². The fraction of sp³-hybridized carbons (Fsp3) is 0.333. The molecule has 0 bridgehead atoms. The van der Waals surface area contributed by atoms with E-state index in [-0.39, 0.29) is 24.0 Å². The summed E-state index contributed by atoms with van der Waals surface area (Å²) in [5.41, 5.74) is -0.584. The van der Waals surface area contributed by atoms with Crippen molar-refractivity contribution in [2.75, 3.05) is 34.4 Å². The molecule has 3 rings (SSSR count). The molecule has 31 heavy (non-hydrogen) atoms. The number of hydrogen-bond acceptors (Lipinski definition) is 6. The third-order valence-corrected chi connectivity index (χ3v) is 6.94. The van der Waals surface area contributed by atoms with Crippen LogP contribution < -0.4 is 14.8 Å². The van der Waals surface area contributed by atoms with Crippen LogP contribution in [-0.4, -0.2) is 63.9 Å². The van der Waals surface area contributed by atoms with Crippen LogP contribution in [0.15, 0.2) is 53.4 Å². The van der Waals surface area contributed by atoms with Crippen LogP contribution >= 0.6 is 0 Å². The van der Waals surface area contributed by atoms with Gasteiger partial charge in [0.15, 0.2) is 0 Å². The van der Waals surface area contributed by atoms with Gasteiger partial charge in [-0.2, -0.15) is 0 Å². The first-order valence-corrected chi connectivity index (χ1v) is 11.0. The number of imide groups is 1. The van der Waals surface area contributed by atoms with E-state index in [0.29, 0.717) is 17.1 Å². The molecule has 2 aromatic rings. The fourth-order valence-corrected chi connectivity index (χ4v) is 4.10. The number of nitrogens with zero attached hydrogens (tertiary/aromatic N) is 2. The Labute approximate surface area is 181 Å². The van der Waals surface area contributed by atoms with Gasteiger partial charge < -0.3 is 14.8 Å². The largest absolute Gasteiger partial charge is 0.497 e. The van der Waals surface area contributed by atoms with E-state index in [1.807, 2.05) is 0 Å². The summed E-state index contributed by atoms with van der Waals surface area (Å²) < 4.78 is 36.2. The van der Waals surface area contributed by atoms with E-state index in [1.54, 1.807) is 31.2 Å². The van der Waals surface area contributed by atoms with Crippen molar-refractivity contribution in [3.63, 3.8) is 0 Å². The minimum Gasteiger partial charge on any atom is -0.497 e. The highest BCUT2D eigenvalue weighted by Crippen LogP contribution is 2.30. The topological polar surface area (TPSA) is 105 Å². The third-order valence-electron chi connectivity index (χ3n) is 5.11. The highest BCUT2D eigenvalue weighted by atomic mass is 32.2. The molecule has 1 unspecified atom stereocenters. The Morgan fingerprint density at radius 1 is 1.06 bits per heavy atom. The number of nitrogens with one attached hydrogen (secondary N) is 1. The van der Waals surface area contributed by atoms with Gasteiger partial charge in [0.05, 0.1) is 18.6 Å². The molecule has 1 heterocycles. The Morgan fingerprint density at radius 3 is 2.35 bits per heavy atom. The summed E-state index contributed by atoms with van der Waals surface area (Å²) in [7, 11) is 0.918. The van der Waals surface area contributed by atoms with Crippen LogP contribution in [0.25, 0.3) is 0 Å². The van der Waals surface area contributed by atoms with Crippen LogP contribution in [0.1, 0.15) is 12.5 Å². The summed E-state index contributed by atoms with van der Waals surface area (Å²) in [6.45, 7) is 1.75. The maximum absolute atomic E-state index is 13.0. The molecular formula is C21H25N3O6S. The first-order valence-electron chi connectivity index (χ1n) is 9.53. The van der Waals surface area contributed by atoms with Crippen LogP contribution in [0.4, 0.5) is 4.79 Å². The highest BCUT2D eigenvalue weighted by molar-refractivity contribution is 7.89. The Morgan fingerprint density at radius 2 is 1.74 bits per heavy atom. The summed E-state index contributed by atoms with van der Waals surface area (Å²) in [5, 5.41) is 2.74. The first-order chi connectivity index (χ1) is 14.6. The number of amides is 3. The van der Waals surface area contributed by atoms with Crippen LogP contribution in [0.2, 0.25) is 0 Å². The summed E-state index contributed by atoms with van der Waals surface area (Å²) >= 11 is 0. The Balaban J connectivity index is 1.65. The molecule has 0 spiro atoms. The fourth-order valence-electron chi connectivity index (χ4n) is 3.20. The second-order valence-corrected chi connectivity index (χ2v) is 9.50. The number of ether oxygens (including phenoxy) is 2. The van der Waals surface area contributed by atoms with E-state index >= 15 is 0 Å². The molecule has 0 aromatic heterocycles. The summed E-state index contributed by atoms with van der Waals surface area (Å²) in [6.07, 6.45) is 0. The second kappa shape index (κ2) is 8.56. The molecule has 1 aliphatic heterocycles. The van der Waals surface area contributed by atoms with Gasteiger partial charge in [-0.25, -0.2) is 17.5 Å². The minimum absolute atomic E-state index is 0.0436. The lowest BCUT2D eigenvalue weighted by Crippen LogP contribution is -2.41. The van der Waals surface area contributed by atoms with Crippen molar-refractivity contribution in [1.82, 2.24) is 14.5 Å². The lowest BCUT2D eigenvalue weighted by atomic mass is 9.92. The minimum atomic E-state index is -3.52. The average molecular weight is 448 g/mol. The number of carbonyl (C=O) groups excluding carboxylic acids is 2. The van der Waals surface area contributed by atoms with Gasteiger partial charge in [-0.1, -0.05) is 12.1 Å². The van der Waals surface area contributed by atoms with E-state index in [9.17, 15) is 18.0 Å². The number of urea groups is 1. The summed E-state index contributed by atoms with van der Waals surface area (Å²) in [5.74, 6) is 0.629. The number of rotatable bonds is 8. The quantitative estimate of drug-likeness (QED) is 0.619. The van der Waals surface area contributed by atoms with Crippen molar-refractivity contribution in [2.45, 2.75) is 17.4 Å². The van der Waals surface area contributed by atoms with Crippen LogP contribution in [-0.2, 0) is 20.4 Å². The number of hydrogen-bond donors (Lipinski definition) is 1. The number of carbonyl (C=O) groups is 2. The maximum atomic E-state index is 13.0. The molecule has 0 saturated carbocycles. The van der Waals surface area contributed by atoms with Crippen LogP contribution in [0, 0.1) is 0 Å². The van der Waals surface area contributed by atoms with Crippen molar-refractivity contribution >= 4 is 22.0 Å². The highest BCUT2D eigenvalue weighted by Gasteiger charge is 2.48. The van der Waals surface area contributed by atoms with Gasteiger partial charge in [-0.3, -0.25) is 9.69 Å². The zero-order valence-corrected chi connectivity index (χ0v) is 18.6. The van der Waals surface area contributed by atoms with Gasteiger partial charge >= 0.3 is 6.03 Å². The third kappa shape index (κ3) is 4.35. The normalized spacial score (nSPS) is 18.9. The summed E-state index contributed by atoms with van der Waals surface area (Å²) in [6, 6.07) is 12.4. The lowest BCUT2D eigenvalue weighted by Gasteiger charge is -2.22. The van der Waals surface area contributed by atoms with Gasteiger partial charge in [0.1, 0.15) is 23.6 Å². The molecule has 0 radical (unpaired) electrons. The molecule has 3 amide bonds. The SMILES string of the molecule is COc1cccc(C2(C)NC(=O)N(CCOc3ccc(S(=O)(=O)N(C)C)cc3)C2=O)c1. The maximum Gasteiger partial charge on any atom is 0.325 e. The molecule has 2 aromatic carbocycles. The van der Waals surface area contributed by atoms with Crippen LogP contribution in [0.3, 0.4) is 0 Å². The standard InChI is InChI=1S/C21H25N3O6S/c1-21(15-6-5-7-17(14-15)29-4)19(25)24(20(26)22-21)12-13-30-16-8-10-18(11-9-16)31(27,28)23(2)3/h5-11,14H,12-13H2,1-4H3,(H,22,26). The Bertz CT molecular complexity index is 1080. The van der Waals surface area contributed by atoms with E-state index < -0.39 is 21.6 Å². The first kappa shape index (κ1) is 22.6. The van der Waals surface area contributed by atoms with Crippen molar-refractivity contribution in [1.29, 1.82) is 0 Å². The van der Waals surface area contributed by atoms with Gasteiger partial charge in [0.25, 0.3) is 5.91 Å². The zero-order valence-electron chi connectivity index (χ0n) is 17.8. The Hall–Kier alpha value is -3.11. The molecule has 166 valence electrons. The lowest BCUT2D eigenvalue weighted by molar-refractivity contribution is -0.131. The van der Waals surface area contributed by atoms with E-state index in [1.165, 1.54) is 45.5 Å². The molecule has 1 fully saturated rings. The predicted octanol–water partition coefficient (Wildman–Crippen LogP) is 1.79. The zero-order chi connectivity index (χ0) is 22.8.